The molecule has 0 unspecified atom stereocenters. The molecule has 3 heteroatoms. The maximum Gasteiger partial charge on any atom is 0.306 e. The minimum absolute atomic E-state index is 0.0672. The van der Waals surface area contributed by atoms with Gasteiger partial charge in [-0.15, -0.1) is 0 Å². The molecule has 0 aliphatic heterocycles. The van der Waals surface area contributed by atoms with Gasteiger partial charge in [-0.05, 0) is 67.1 Å². The van der Waals surface area contributed by atoms with Crippen LogP contribution in [0.4, 0.5) is 0 Å². The molecule has 1 aromatic rings. The second-order valence-corrected chi connectivity index (χ2v) is 13.8. The van der Waals surface area contributed by atoms with Crippen LogP contribution in [0.5, 0.6) is 5.75 Å². The lowest BCUT2D eigenvalue weighted by molar-refractivity contribution is -0.143. The van der Waals surface area contributed by atoms with Crippen LogP contribution in [-0.2, 0) is 16.0 Å². The van der Waals surface area contributed by atoms with Crippen molar-refractivity contribution in [2.75, 3.05) is 6.61 Å². The lowest BCUT2D eigenvalue weighted by Crippen LogP contribution is -2.11. The molecule has 0 aromatic heterocycles. The first-order chi connectivity index (χ1) is 20.7. The molecule has 0 radical (unpaired) electrons. The molecular formula is C39H66O3. The van der Waals surface area contributed by atoms with Gasteiger partial charge < -0.3 is 9.84 Å². The van der Waals surface area contributed by atoms with Gasteiger partial charge in [0.1, 0.15) is 5.75 Å². The summed E-state index contributed by atoms with van der Waals surface area (Å²) in [6, 6.07) is 4.45. The van der Waals surface area contributed by atoms with Crippen LogP contribution >= 0.6 is 0 Å². The van der Waals surface area contributed by atoms with Crippen molar-refractivity contribution in [1.82, 2.24) is 0 Å². The van der Waals surface area contributed by atoms with Crippen LogP contribution in [0.25, 0.3) is 0 Å². The van der Waals surface area contributed by atoms with Gasteiger partial charge in [0.2, 0.25) is 0 Å². The van der Waals surface area contributed by atoms with E-state index in [1.54, 1.807) is 0 Å². The maximum absolute atomic E-state index is 12.5. The average Bonchev–Trinajstić information content (AvgIpc) is 3.03. The molecule has 3 rings (SSSR count). The minimum Gasteiger partial charge on any atom is -0.507 e. The Balaban J connectivity index is 1.25. The van der Waals surface area contributed by atoms with Crippen LogP contribution in [0.3, 0.4) is 0 Å². The number of phenolic OH excluding ortho intramolecular Hbond substituents is 1. The Morgan fingerprint density at radius 3 is 1.48 bits per heavy atom. The van der Waals surface area contributed by atoms with Gasteiger partial charge in [0.15, 0.2) is 0 Å². The Morgan fingerprint density at radius 1 is 0.643 bits per heavy atom. The average molecular weight is 583 g/mol. The zero-order valence-corrected chi connectivity index (χ0v) is 27.6. The van der Waals surface area contributed by atoms with E-state index >= 15 is 0 Å². The summed E-state index contributed by atoms with van der Waals surface area (Å²) in [4.78, 5) is 12.5. The normalized spacial score (nSPS) is 16.6. The highest BCUT2D eigenvalue weighted by molar-refractivity contribution is 5.69. The summed E-state index contributed by atoms with van der Waals surface area (Å²) in [7, 11) is 0. The van der Waals surface area contributed by atoms with E-state index < -0.39 is 0 Å². The Hall–Kier alpha value is -1.51. The van der Waals surface area contributed by atoms with E-state index in [4.69, 9.17) is 4.74 Å². The maximum atomic E-state index is 12.5. The van der Waals surface area contributed by atoms with Gasteiger partial charge in [0, 0.05) is 6.42 Å². The van der Waals surface area contributed by atoms with Crippen molar-refractivity contribution in [3.05, 3.63) is 28.8 Å². The quantitative estimate of drug-likeness (QED) is 0.109. The number of benzene rings is 1. The highest BCUT2D eigenvalue weighted by Crippen LogP contribution is 2.44. The molecule has 240 valence electrons. The molecule has 0 atom stereocenters. The summed E-state index contributed by atoms with van der Waals surface area (Å²) < 4.78 is 5.61. The standard InChI is InChI=1S/C39H66O3/c1-2-3-4-5-6-7-8-9-10-11-12-13-14-15-16-23-30-42-38(40)29-28-33-31-36(34-24-19-17-20-25-34)39(41)37(32-33)35-26-21-18-22-27-35/h31-32,34-35,41H,2-30H2,1H3. The van der Waals surface area contributed by atoms with E-state index in [-0.39, 0.29) is 5.97 Å². The first-order valence-electron chi connectivity index (χ1n) is 18.7. The number of carbonyl (C=O) groups is 1. The molecule has 0 saturated heterocycles. The predicted molar refractivity (Wildman–Crippen MR) is 179 cm³/mol. The van der Waals surface area contributed by atoms with Crippen molar-refractivity contribution in [2.24, 2.45) is 0 Å². The summed E-state index contributed by atoms with van der Waals surface area (Å²) >= 11 is 0. The number of aryl methyl sites for hydroxylation is 1. The van der Waals surface area contributed by atoms with Crippen molar-refractivity contribution in [3.63, 3.8) is 0 Å². The molecule has 1 aromatic carbocycles. The topological polar surface area (TPSA) is 46.5 Å². The molecule has 3 nitrogen and oxygen atoms in total. The molecule has 2 aliphatic carbocycles. The van der Waals surface area contributed by atoms with Crippen LogP contribution in [0.15, 0.2) is 12.1 Å². The monoisotopic (exact) mass is 583 g/mol. The molecule has 0 bridgehead atoms. The van der Waals surface area contributed by atoms with Crippen LogP contribution in [0, 0.1) is 0 Å². The number of unbranched alkanes of at least 4 members (excludes halogenated alkanes) is 15. The van der Waals surface area contributed by atoms with Gasteiger partial charge in [-0.25, -0.2) is 0 Å². The Kier molecular flexibility index (Phi) is 18.4. The molecule has 0 spiro atoms. The van der Waals surface area contributed by atoms with Crippen LogP contribution in [0.1, 0.15) is 209 Å². The van der Waals surface area contributed by atoms with Gasteiger partial charge in [-0.3, -0.25) is 4.79 Å². The smallest absolute Gasteiger partial charge is 0.306 e. The fourth-order valence-corrected chi connectivity index (χ4v) is 7.49. The van der Waals surface area contributed by atoms with E-state index in [2.05, 4.69) is 19.1 Å². The summed E-state index contributed by atoms with van der Waals surface area (Å²) in [5.41, 5.74) is 3.54. The number of rotatable bonds is 22. The minimum atomic E-state index is -0.0672. The fraction of sp³-hybridized carbons (Fsp3) is 0.821. The van der Waals surface area contributed by atoms with Gasteiger partial charge >= 0.3 is 5.97 Å². The first-order valence-corrected chi connectivity index (χ1v) is 18.7. The van der Waals surface area contributed by atoms with E-state index in [0.29, 0.717) is 30.6 Å². The summed E-state index contributed by atoms with van der Waals surface area (Å²) in [6.45, 7) is 2.85. The van der Waals surface area contributed by atoms with Crippen molar-refractivity contribution < 1.29 is 14.6 Å². The molecular weight excluding hydrogens is 516 g/mol. The third-order valence-corrected chi connectivity index (χ3v) is 10.2. The molecule has 2 saturated carbocycles. The first kappa shape index (κ1) is 35.0. The third-order valence-electron chi connectivity index (χ3n) is 10.2. The van der Waals surface area contributed by atoms with Gasteiger partial charge in [-0.1, -0.05) is 154 Å². The van der Waals surface area contributed by atoms with E-state index in [1.165, 1.54) is 166 Å². The van der Waals surface area contributed by atoms with Crippen LogP contribution in [0.2, 0.25) is 0 Å². The highest BCUT2D eigenvalue weighted by Gasteiger charge is 2.25. The van der Waals surface area contributed by atoms with Gasteiger partial charge in [-0.2, -0.15) is 0 Å². The number of esters is 1. The second-order valence-electron chi connectivity index (χ2n) is 13.8. The van der Waals surface area contributed by atoms with Gasteiger partial charge in [0.25, 0.3) is 0 Å². The number of carbonyl (C=O) groups excluding carboxylic acids is 1. The van der Waals surface area contributed by atoms with Crippen molar-refractivity contribution in [1.29, 1.82) is 0 Å². The molecule has 2 aliphatic rings. The van der Waals surface area contributed by atoms with E-state index in [1.807, 2.05) is 0 Å². The van der Waals surface area contributed by atoms with E-state index in [9.17, 15) is 9.90 Å². The van der Waals surface area contributed by atoms with E-state index in [0.717, 1.165) is 24.0 Å². The lowest BCUT2D eigenvalue weighted by Gasteiger charge is -2.28. The molecule has 0 amide bonds. The zero-order chi connectivity index (χ0) is 29.7. The predicted octanol–water partition coefficient (Wildman–Crippen LogP) is 12.2. The number of ether oxygens (including phenoxy) is 1. The second kappa shape index (κ2) is 22.1. The largest absolute Gasteiger partial charge is 0.507 e. The Morgan fingerprint density at radius 2 is 1.05 bits per heavy atom. The van der Waals surface area contributed by atoms with Crippen LogP contribution < -0.4 is 0 Å². The number of hydrogen-bond donors (Lipinski definition) is 1. The summed E-state index contributed by atoms with van der Waals surface area (Å²) in [5.74, 6) is 1.46. The Labute approximate surface area is 260 Å². The van der Waals surface area contributed by atoms with Gasteiger partial charge in [0.05, 0.1) is 6.61 Å². The summed E-state index contributed by atoms with van der Waals surface area (Å²) in [6.07, 6.45) is 35.2. The molecule has 1 N–H and O–H groups in total. The number of phenols is 1. The van der Waals surface area contributed by atoms with Crippen molar-refractivity contribution in [2.45, 2.75) is 199 Å². The fourth-order valence-electron chi connectivity index (χ4n) is 7.49. The van der Waals surface area contributed by atoms with Crippen molar-refractivity contribution in [3.8, 4) is 5.75 Å². The zero-order valence-electron chi connectivity index (χ0n) is 27.6. The number of aromatic hydroxyl groups is 1. The SMILES string of the molecule is CCCCCCCCCCCCCCCCCCOC(=O)CCc1cc(C2CCCCC2)c(O)c(C2CCCCC2)c1. The summed E-state index contributed by atoms with van der Waals surface area (Å²) in [5, 5.41) is 11.3. The number of hydrogen-bond acceptors (Lipinski definition) is 3. The highest BCUT2D eigenvalue weighted by atomic mass is 16.5. The lowest BCUT2D eigenvalue weighted by atomic mass is 9.78. The van der Waals surface area contributed by atoms with Crippen LogP contribution in [-0.4, -0.2) is 17.7 Å². The van der Waals surface area contributed by atoms with Crippen molar-refractivity contribution >= 4 is 5.97 Å². The molecule has 2 fully saturated rings. The third kappa shape index (κ3) is 13.9. The Bertz CT molecular complexity index is 795. The molecule has 42 heavy (non-hydrogen) atoms. The molecule has 0 heterocycles.